The summed E-state index contributed by atoms with van der Waals surface area (Å²) in [5.41, 5.74) is 2.11. The zero-order valence-electron chi connectivity index (χ0n) is 14.3. The molecule has 9 heteroatoms. The average molecular weight is 362 g/mol. The number of hydrogen-bond acceptors (Lipinski definition) is 6. The average Bonchev–Trinajstić information content (AvgIpc) is 3.11. The van der Waals surface area contributed by atoms with E-state index >= 15 is 0 Å². The van der Waals surface area contributed by atoms with Gasteiger partial charge in [0, 0.05) is 17.7 Å². The highest BCUT2D eigenvalue weighted by atomic mass is 19.1. The van der Waals surface area contributed by atoms with Gasteiger partial charge in [-0.3, -0.25) is 0 Å². The predicted octanol–water partition coefficient (Wildman–Crippen LogP) is 3.50. The Labute approximate surface area is 147 Å². The molecule has 2 aromatic heterocycles. The SMILES string of the molecule is CCc1nn(-c2cc(F)c(O)cc2F)c(-c2c(C)noc2C)c1/C=N/O. The molecule has 0 fully saturated rings. The third-order valence-corrected chi connectivity index (χ3v) is 4.03. The summed E-state index contributed by atoms with van der Waals surface area (Å²) in [6.07, 6.45) is 1.63. The first-order valence-electron chi connectivity index (χ1n) is 7.79. The number of aromatic nitrogens is 3. The second-order valence-electron chi connectivity index (χ2n) is 5.67. The van der Waals surface area contributed by atoms with E-state index in [0.717, 1.165) is 6.07 Å². The van der Waals surface area contributed by atoms with Crippen molar-refractivity contribution in [1.29, 1.82) is 0 Å². The van der Waals surface area contributed by atoms with Crippen LogP contribution in [0.25, 0.3) is 16.9 Å². The van der Waals surface area contributed by atoms with Gasteiger partial charge in [-0.2, -0.15) is 5.10 Å². The number of phenols is 1. The molecule has 1 aromatic carbocycles. The number of benzene rings is 1. The van der Waals surface area contributed by atoms with Crippen LogP contribution in [0.1, 0.15) is 29.6 Å². The predicted molar refractivity (Wildman–Crippen MR) is 88.9 cm³/mol. The van der Waals surface area contributed by atoms with E-state index in [0.29, 0.717) is 46.5 Å². The van der Waals surface area contributed by atoms with E-state index in [1.807, 2.05) is 6.92 Å². The topological polar surface area (TPSA) is 96.7 Å². The van der Waals surface area contributed by atoms with Crippen LogP contribution in [0.4, 0.5) is 8.78 Å². The number of oxime groups is 1. The van der Waals surface area contributed by atoms with Crippen LogP contribution in [0.2, 0.25) is 0 Å². The van der Waals surface area contributed by atoms with Gasteiger partial charge in [0.05, 0.1) is 28.9 Å². The number of halogens is 2. The van der Waals surface area contributed by atoms with Gasteiger partial charge in [0.15, 0.2) is 17.4 Å². The minimum absolute atomic E-state index is 0.206. The molecule has 0 bridgehead atoms. The van der Waals surface area contributed by atoms with E-state index in [9.17, 15) is 13.9 Å². The van der Waals surface area contributed by atoms with Crippen molar-refractivity contribution in [3.8, 4) is 22.7 Å². The molecule has 2 heterocycles. The number of aromatic hydroxyl groups is 1. The standard InChI is InChI=1S/C17H16F2N4O3/c1-4-13-10(7-20-25)17(16-8(2)22-26-9(16)3)23(21-13)14-5-12(19)15(24)6-11(14)18/h5-7,24-25H,4H2,1-3H3/b20-7+. The minimum Gasteiger partial charge on any atom is -0.505 e. The van der Waals surface area contributed by atoms with E-state index in [4.69, 9.17) is 9.73 Å². The van der Waals surface area contributed by atoms with Gasteiger partial charge in [0.25, 0.3) is 0 Å². The number of phenolic OH excluding ortho intramolecular Hbond substituents is 1. The Bertz CT molecular complexity index is 989. The Morgan fingerprint density at radius 3 is 2.58 bits per heavy atom. The zero-order chi connectivity index (χ0) is 19.0. The largest absolute Gasteiger partial charge is 0.505 e. The Morgan fingerprint density at radius 2 is 2.00 bits per heavy atom. The Morgan fingerprint density at radius 1 is 1.27 bits per heavy atom. The monoisotopic (exact) mass is 362 g/mol. The molecule has 2 N–H and O–H groups in total. The molecule has 0 aliphatic carbocycles. The van der Waals surface area contributed by atoms with Crippen LogP contribution in [0.15, 0.2) is 21.8 Å². The maximum absolute atomic E-state index is 14.5. The first-order chi connectivity index (χ1) is 12.4. The normalized spacial score (nSPS) is 11.6. The van der Waals surface area contributed by atoms with E-state index in [-0.39, 0.29) is 5.69 Å². The summed E-state index contributed by atoms with van der Waals surface area (Å²) in [6, 6.07) is 1.52. The van der Waals surface area contributed by atoms with Crippen LogP contribution in [0, 0.1) is 25.5 Å². The first kappa shape index (κ1) is 17.6. The summed E-state index contributed by atoms with van der Waals surface area (Å²) in [5.74, 6) is -2.21. The van der Waals surface area contributed by atoms with Gasteiger partial charge in [0.2, 0.25) is 0 Å². The Balaban J connectivity index is 2.42. The van der Waals surface area contributed by atoms with Gasteiger partial charge < -0.3 is 14.8 Å². The van der Waals surface area contributed by atoms with Crippen LogP contribution in [0.3, 0.4) is 0 Å². The van der Waals surface area contributed by atoms with Gasteiger partial charge in [-0.05, 0) is 20.3 Å². The lowest BCUT2D eigenvalue weighted by Crippen LogP contribution is -2.04. The van der Waals surface area contributed by atoms with Crippen LogP contribution < -0.4 is 0 Å². The van der Waals surface area contributed by atoms with E-state index in [2.05, 4.69) is 15.4 Å². The number of rotatable bonds is 4. The van der Waals surface area contributed by atoms with E-state index < -0.39 is 17.4 Å². The quantitative estimate of drug-likeness (QED) is 0.421. The summed E-state index contributed by atoms with van der Waals surface area (Å²) in [6.45, 7) is 5.20. The lowest BCUT2D eigenvalue weighted by atomic mass is 10.0. The highest BCUT2D eigenvalue weighted by Gasteiger charge is 2.26. The highest BCUT2D eigenvalue weighted by molar-refractivity contribution is 5.91. The summed E-state index contributed by atoms with van der Waals surface area (Å²) in [5, 5.41) is 29.7. The van der Waals surface area contributed by atoms with Crippen molar-refractivity contribution in [2.24, 2.45) is 5.16 Å². The molecule has 0 spiro atoms. The van der Waals surface area contributed by atoms with Crippen LogP contribution in [-0.2, 0) is 6.42 Å². The van der Waals surface area contributed by atoms with Gasteiger partial charge >= 0.3 is 0 Å². The van der Waals surface area contributed by atoms with Gasteiger partial charge in [-0.15, -0.1) is 0 Å². The van der Waals surface area contributed by atoms with Crippen molar-refractivity contribution in [2.75, 3.05) is 0 Å². The molecule has 0 unspecified atom stereocenters. The minimum atomic E-state index is -0.989. The molecular weight excluding hydrogens is 346 g/mol. The molecule has 3 aromatic rings. The Kier molecular flexibility index (Phi) is 4.45. The molecule has 7 nitrogen and oxygen atoms in total. The lowest BCUT2D eigenvalue weighted by molar-refractivity contribution is 0.322. The molecule has 0 amide bonds. The van der Waals surface area contributed by atoms with Crippen LogP contribution in [0.5, 0.6) is 5.75 Å². The molecule has 0 saturated heterocycles. The second-order valence-corrected chi connectivity index (χ2v) is 5.67. The highest BCUT2D eigenvalue weighted by Crippen LogP contribution is 2.34. The maximum atomic E-state index is 14.5. The fraction of sp³-hybridized carbons (Fsp3) is 0.235. The summed E-state index contributed by atoms with van der Waals surface area (Å²) >= 11 is 0. The van der Waals surface area contributed by atoms with Gasteiger partial charge in [0.1, 0.15) is 11.4 Å². The van der Waals surface area contributed by atoms with Gasteiger partial charge in [-0.1, -0.05) is 17.2 Å². The molecule has 136 valence electrons. The molecule has 0 atom stereocenters. The fourth-order valence-electron chi connectivity index (χ4n) is 2.85. The smallest absolute Gasteiger partial charge is 0.167 e. The Hall–Kier alpha value is -3.23. The van der Waals surface area contributed by atoms with Crippen molar-refractivity contribution >= 4 is 6.21 Å². The van der Waals surface area contributed by atoms with Crippen LogP contribution in [-0.4, -0.2) is 31.5 Å². The molecule has 0 aliphatic rings. The van der Waals surface area contributed by atoms with Crippen molar-refractivity contribution in [1.82, 2.24) is 14.9 Å². The molecule has 0 aliphatic heterocycles. The van der Waals surface area contributed by atoms with Crippen molar-refractivity contribution in [3.63, 3.8) is 0 Å². The fourth-order valence-corrected chi connectivity index (χ4v) is 2.85. The number of aryl methyl sites for hydroxylation is 3. The van der Waals surface area contributed by atoms with Gasteiger partial charge in [-0.25, -0.2) is 13.5 Å². The molecular formula is C17H16F2N4O3. The molecule has 0 saturated carbocycles. The lowest BCUT2D eigenvalue weighted by Gasteiger charge is -2.10. The van der Waals surface area contributed by atoms with Crippen molar-refractivity contribution in [2.45, 2.75) is 27.2 Å². The summed E-state index contributed by atoms with van der Waals surface area (Å²) < 4.78 is 34.7. The third kappa shape index (κ3) is 2.71. The molecule has 0 radical (unpaired) electrons. The van der Waals surface area contributed by atoms with Crippen molar-refractivity contribution in [3.05, 3.63) is 46.5 Å². The molecule has 3 rings (SSSR count). The number of hydrogen-bond donors (Lipinski definition) is 2. The summed E-state index contributed by atoms with van der Waals surface area (Å²) in [7, 11) is 0. The van der Waals surface area contributed by atoms with Crippen LogP contribution >= 0.6 is 0 Å². The summed E-state index contributed by atoms with van der Waals surface area (Å²) in [4.78, 5) is 0. The first-order valence-corrected chi connectivity index (χ1v) is 7.79. The zero-order valence-corrected chi connectivity index (χ0v) is 14.3. The maximum Gasteiger partial charge on any atom is 0.167 e. The third-order valence-electron chi connectivity index (χ3n) is 4.03. The van der Waals surface area contributed by atoms with E-state index in [1.54, 1.807) is 13.8 Å². The number of nitrogens with zero attached hydrogens (tertiary/aromatic N) is 4. The van der Waals surface area contributed by atoms with E-state index in [1.165, 1.54) is 10.9 Å². The molecule has 26 heavy (non-hydrogen) atoms. The second kappa shape index (κ2) is 6.58. The van der Waals surface area contributed by atoms with Crippen molar-refractivity contribution < 1.29 is 23.6 Å².